The van der Waals surface area contributed by atoms with E-state index in [0.717, 1.165) is 33.8 Å². The molecule has 0 unspecified atom stereocenters. The van der Waals surface area contributed by atoms with E-state index in [-0.39, 0.29) is 0 Å². The van der Waals surface area contributed by atoms with Gasteiger partial charge in [0, 0.05) is 22.3 Å². The van der Waals surface area contributed by atoms with Gasteiger partial charge in [-0.05, 0) is 42.8 Å². The number of aromatic amines is 1. The van der Waals surface area contributed by atoms with Crippen LogP contribution in [0.25, 0.3) is 10.9 Å². The van der Waals surface area contributed by atoms with E-state index in [1.807, 2.05) is 36.4 Å². The van der Waals surface area contributed by atoms with Crippen LogP contribution in [0.2, 0.25) is 0 Å². The average molecular weight is 412 g/mol. The number of nitrogens with two attached hydrogens (primary N) is 1. The molecule has 0 atom stereocenters. The fraction of sp³-hybridized carbons (Fsp3) is 0.348. The Morgan fingerprint density at radius 1 is 1.10 bits per heavy atom. The summed E-state index contributed by atoms with van der Waals surface area (Å²) < 4.78 is 5.23. The first-order valence-electron chi connectivity index (χ1n) is 10.2. The number of carbonyl (C=O) groups is 1. The number of amides is 1. The van der Waals surface area contributed by atoms with E-state index in [2.05, 4.69) is 29.4 Å². The van der Waals surface area contributed by atoms with Gasteiger partial charge in [-0.3, -0.25) is 0 Å². The minimum Gasteiger partial charge on any atom is -0.392 e. The summed E-state index contributed by atoms with van der Waals surface area (Å²) in [5.74, 6) is 0.391. The molecule has 3 rings (SSSR count). The quantitative estimate of drug-likeness (QED) is 0.346. The largest absolute Gasteiger partial charge is 0.411 e. The highest BCUT2D eigenvalue weighted by Crippen LogP contribution is 2.41. The third-order valence-electron chi connectivity index (χ3n) is 4.74. The van der Waals surface area contributed by atoms with Crippen LogP contribution in [0.5, 0.6) is 5.88 Å². The lowest BCUT2D eigenvalue weighted by molar-refractivity contribution is 0.208. The number of unbranched alkanes of at least 4 members (excludes halogenated alkanes) is 4. The number of fused-ring (bicyclic) bond motifs is 1. The highest BCUT2D eigenvalue weighted by Gasteiger charge is 2.16. The molecule has 0 aliphatic heterocycles. The van der Waals surface area contributed by atoms with Crippen molar-refractivity contribution in [1.29, 1.82) is 0 Å². The van der Waals surface area contributed by atoms with E-state index in [1.165, 1.54) is 37.7 Å². The average Bonchev–Trinajstić information content (AvgIpc) is 3.04. The van der Waals surface area contributed by atoms with Gasteiger partial charge in [0.25, 0.3) is 0 Å². The number of H-pyrrole nitrogens is 1. The maximum atomic E-state index is 11.3. The molecule has 0 bridgehead atoms. The summed E-state index contributed by atoms with van der Waals surface area (Å²) in [6, 6.07) is 16.3. The Balaban J connectivity index is 1.73. The predicted octanol–water partition coefficient (Wildman–Crippen LogP) is 5.84. The van der Waals surface area contributed by atoms with Crippen molar-refractivity contribution < 1.29 is 9.53 Å². The summed E-state index contributed by atoms with van der Waals surface area (Å²) in [4.78, 5) is 16.5. The Morgan fingerprint density at radius 3 is 2.66 bits per heavy atom. The number of rotatable bonds is 11. The molecule has 1 amide bonds. The van der Waals surface area contributed by atoms with Gasteiger partial charge in [-0.15, -0.1) is 0 Å². The third kappa shape index (κ3) is 6.27. The van der Waals surface area contributed by atoms with E-state index in [0.29, 0.717) is 5.88 Å². The molecule has 3 aromatic rings. The van der Waals surface area contributed by atoms with Gasteiger partial charge in [0.05, 0.1) is 4.90 Å². The highest BCUT2D eigenvalue weighted by molar-refractivity contribution is 7.99. The predicted molar refractivity (Wildman–Crippen MR) is 120 cm³/mol. The molecule has 4 N–H and O–H groups in total. The molecule has 1 heterocycles. The van der Waals surface area contributed by atoms with Gasteiger partial charge in [-0.2, -0.15) is 0 Å². The number of benzene rings is 2. The van der Waals surface area contributed by atoms with Crippen LogP contribution in [-0.2, 0) is 6.54 Å². The van der Waals surface area contributed by atoms with Crippen LogP contribution < -0.4 is 15.8 Å². The Labute approximate surface area is 176 Å². The summed E-state index contributed by atoms with van der Waals surface area (Å²) in [6.07, 6.45) is 5.57. The summed E-state index contributed by atoms with van der Waals surface area (Å²) in [5, 5.41) is 4.55. The minimum atomic E-state index is -0.823. The van der Waals surface area contributed by atoms with Gasteiger partial charge in [0.1, 0.15) is 0 Å². The van der Waals surface area contributed by atoms with Crippen LogP contribution in [0.3, 0.4) is 0 Å². The summed E-state index contributed by atoms with van der Waals surface area (Å²) in [6.45, 7) is 4.08. The zero-order chi connectivity index (χ0) is 20.5. The SMILES string of the molecule is CCCCCCCNCc1ccc2[nH]c(OC(N)=O)c(Sc3ccccc3)c2c1. The van der Waals surface area contributed by atoms with Gasteiger partial charge < -0.3 is 20.8 Å². The van der Waals surface area contributed by atoms with Crippen molar-refractivity contribution in [2.24, 2.45) is 5.73 Å². The van der Waals surface area contributed by atoms with Gasteiger partial charge in [0.2, 0.25) is 5.88 Å². The van der Waals surface area contributed by atoms with Crippen molar-refractivity contribution in [2.45, 2.75) is 55.4 Å². The van der Waals surface area contributed by atoms with Crippen LogP contribution >= 0.6 is 11.8 Å². The summed E-state index contributed by atoms with van der Waals surface area (Å²) in [5.41, 5.74) is 7.38. The Morgan fingerprint density at radius 2 is 1.90 bits per heavy atom. The standard InChI is InChI=1S/C23H29N3O2S/c1-2-3-4-5-9-14-25-16-17-12-13-20-19(15-17)21(22(26-20)28-23(24)27)29-18-10-7-6-8-11-18/h6-8,10-13,15,25-26H,2-5,9,14,16H2,1H3,(H2,24,27). The molecule has 154 valence electrons. The van der Waals surface area contributed by atoms with Gasteiger partial charge >= 0.3 is 6.09 Å². The first-order chi connectivity index (χ1) is 14.2. The van der Waals surface area contributed by atoms with Crippen molar-refractivity contribution in [3.8, 4) is 5.88 Å². The molecule has 0 saturated heterocycles. The molecule has 6 heteroatoms. The molecule has 5 nitrogen and oxygen atoms in total. The van der Waals surface area contributed by atoms with Crippen molar-refractivity contribution in [1.82, 2.24) is 10.3 Å². The van der Waals surface area contributed by atoms with E-state index in [1.54, 1.807) is 11.8 Å². The lowest BCUT2D eigenvalue weighted by Crippen LogP contribution is -2.16. The molecule has 0 spiro atoms. The molecular weight excluding hydrogens is 382 g/mol. The number of carbonyl (C=O) groups excluding carboxylic acids is 1. The minimum absolute atomic E-state index is 0.391. The zero-order valence-electron chi connectivity index (χ0n) is 16.9. The lowest BCUT2D eigenvalue weighted by Gasteiger charge is -2.07. The van der Waals surface area contributed by atoms with Gasteiger partial charge in [0.15, 0.2) is 0 Å². The topological polar surface area (TPSA) is 80.1 Å². The van der Waals surface area contributed by atoms with Crippen molar-refractivity contribution in [3.05, 3.63) is 54.1 Å². The highest BCUT2D eigenvalue weighted by atomic mass is 32.2. The van der Waals surface area contributed by atoms with Gasteiger partial charge in [-0.25, -0.2) is 4.79 Å². The van der Waals surface area contributed by atoms with Crippen LogP contribution in [-0.4, -0.2) is 17.6 Å². The normalized spacial score (nSPS) is 11.1. The fourth-order valence-corrected chi connectivity index (χ4v) is 4.26. The number of nitrogens with one attached hydrogen (secondary N) is 2. The Hall–Kier alpha value is -2.44. The number of hydrogen-bond donors (Lipinski definition) is 3. The third-order valence-corrected chi connectivity index (χ3v) is 5.85. The smallest absolute Gasteiger partial charge is 0.392 e. The van der Waals surface area contributed by atoms with Crippen molar-refractivity contribution in [3.63, 3.8) is 0 Å². The molecule has 0 fully saturated rings. The molecule has 29 heavy (non-hydrogen) atoms. The van der Waals surface area contributed by atoms with Crippen molar-refractivity contribution >= 4 is 28.8 Å². The molecule has 0 aliphatic rings. The number of primary amides is 1. The second-order valence-electron chi connectivity index (χ2n) is 7.09. The molecule has 2 aromatic carbocycles. The summed E-state index contributed by atoms with van der Waals surface area (Å²) in [7, 11) is 0. The van der Waals surface area contributed by atoms with E-state index < -0.39 is 6.09 Å². The molecule has 0 aliphatic carbocycles. The molecular formula is C23H29N3O2S. The Kier molecular flexibility index (Phi) is 8.02. The van der Waals surface area contributed by atoms with Crippen molar-refractivity contribution in [2.75, 3.05) is 6.54 Å². The van der Waals surface area contributed by atoms with Crippen LogP contribution in [0.15, 0.2) is 58.3 Å². The second-order valence-corrected chi connectivity index (χ2v) is 8.17. The molecule has 1 aromatic heterocycles. The fourth-order valence-electron chi connectivity index (χ4n) is 3.27. The zero-order valence-corrected chi connectivity index (χ0v) is 17.7. The monoisotopic (exact) mass is 411 g/mol. The van der Waals surface area contributed by atoms with Crippen LogP contribution in [0.1, 0.15) is 44.6 Å². The Bertz CT molecular complexity index is 925. The maximum absolute atomic E-state index is 11.3. The van der Waals surface area contributed by atoms with E-state index >= 15 is 0 Å². The van der Waals surface area contributed by atoms with Crippen LogP contribution in [0.4, 0.5) is 4.79 Å². The summed E-state index contributed by atoms with van der Waals surface area (Å²) >= 11 is 1.56. The first-order valence-corrected chi connectivity index (χ1v) is 11.0. The number of ether oxygens (including phenoxy) is 1. The molecule has 0 radical (unpaired) electrons. The first kappa shape index (κ1) is 21.3. The lowest BCUT2D eigenvalue weighted by atomic mass is 10.1. The number of aromatic nitrogens is 1. The van der Waals surface area contributed by atoms with E-state index in [4.69, 9.17) is 10.5 Å². The second kappa shape index (κ2) is 10.9. The maximum Gasteiger partial charge on any atom is 0.411 e. The van der Waals surface area contributed by atoms with Gasteiger partial charge in [-0.1, -0.05) is 68.6 Å². The molecule has 0 saturated carbocycles. The number of hydrogen-bond acceptors (Lipinski definition) is 4. The van der Waals surface area contributed by atoms with E-state index in [9.17, 15) is 4.79 Å². The van der Waals surface area contributed by atoms with Crippen LogP contribution in [0, 0.1) is 0 Å².